The van der Waals surface area contributed by atoms with Gasteiger partial charge in [-0.15, -0.1) is 0 Å². The lowest BCUT2D eigenvalue weighted by Crippen LogP contribution is -2.44. The zero-order valence-electron chi connectivity index (χ0n) is 16.1. The lowest BCUT2D eigenvalue weighted by Gasteiger charge is -2.29. The maximum absolute atomic E-state index is 13.3. The summed E-state index contributed by atoms with van der Waals surface area (Å²) in [5.74, 6) is -0.00231. The minimum absolute atomic E-state index is 0.00231. The summed E-state index contributed by atoms with van der Waals surface area (Å²) in [5, 5.41) is 22.9. The van der Waals surface area contributed by atoms with Crippen LogP contribution >= 0.6 is 0 Å². The highest BCUT2D eigenvalue weighted by Crippen LogP contribution is 2.25. The fourth-order valence-electron chi connectivity index (χ4n) is 2.20. The largest absolute Gasteiger partial charge is 0.489 e. The lowest BCUT2D eigenvalue weighted by molar-refractivity contribution is 0.118. The highest BCUT2D eigenvalue weighted by Gasteiger charge is 2.34. The number of hydrogen-bond acceptors (Lipinski definition) is 7. The molecule has 1 aromatic carbocycles. The third kappa shape index (κ3) is 4.99. The van der Waals surface area contributed by atoms with Crippen LogP contribution in [-0.4, -0.2) is 51.3 Å². The molecule has 1 unspecified atom stereocenters. The Morgan fingerprint density at radius 1 is 1.30 bits per heavy atom. The lowest BCUT2D eigenvalue weighted by atomic mass is 9.80. The van der Waals surface area contributed by atoms with E-state index in [1.807, 2.05) is 6.92 Å². The molecule has 0 saturated carbocycles. The monoisotopic (exact) mass is 412 g/mol. The zero-order chi connectivity index (χ0) is 20.4. The molecule has 0 aliphatic rings. The molecule has 1 aromatic heterocycles. The number of rotatable bonds is 8. The van der Waals surface area contributed by atoms with Crippen molar-refractivity contribution in [2.45, 2.75) is 44.1 Å². The van der Waals surface area contributed by atoms with E-state index in [4.69, 9.17) is 9.26 Å². The average Bonchev–Trinajstić information content (AvgIpc) is 2.99. The van der Waals surface area contributed by atoms with Crippen LogP contribution in [0.2, 0.25) is 19.6 Å². The van der Waals surface area contributed by atoms with Gasteiger partial charge in [-0.05, 0) is 19.9 Å². The van der Waals surface area contributed by atoms with Gasteiger partial charge in [0.2, 0.25) is 5.88 Å². The third-order valence-electron chi connectivity index (χ3n) is 4.29. The van der Waals surface area contributed by atoms with Crippen molar-refractivity contribution >= 4 is 36.6 Å². The molecule has 1 atom stereocenters. The molecule has 0 amide bonds. The van der Waals surface area contributed by atoms with Crippen LogP contribution in [0.25, 0.3) is 0 Å². The Balaban J connectivity index is 2.47. The Hall–Kier alpha value is -1.66. The van der Waals surface area contributed by atoms with Crippen molar-refractivity contribution in [2.24, 2.45) is 0 Å². The minimum atomic E-state index is -4.19. The maximum Gasteiger partial charge on any atom is 0.489 e. The van der Waals surface area contributed by atoms with Gasteiger partial charge in [0.1, 0.15) is 6.73 Å². The molecule has 2 aromatic rings. The highest BCUT2D eigenvalue weighted by molar-refractivity contribution is 7.93. The predicted molar refractivity (Wildman–Crippen MR) is 106 cm³/mol. The van der Waals surface area contributed by atoms with Crippen molar-refractivity contribution in [1.29, 1.82) is 0 Å². The number of ether oxygens (including phenoxy) is 1. The summed E-state index contributed by atoms with van der Waals surface area (Å²) in [6.45, 7) is 9.66. The first-order valence-corrected chi connectivity index (χ1v) is 13.5. The van der Waals surface area contributed by atoms with Crippen LogP contribution in [0.1, 0.15) is 12.6 Å². The topological polar surface area (TPSA) is 113 Å². The van der Waals surface area contributed by atoms with Crippen LogP contribution in [-0.2, 0) is 14.8 Å². The van der Waals surface area contributed by atoms with Crippen LogP contribution in [0.15, 0.2) is 39.8 Å². The minimum Gasteiger partial charge on any atom is -0.423 e. The molecular weight excluding hydrogens is 387 g/mol. The summed E-state index contributed by atoms with van der Waals surface area (Å²) >= 11 is 0. The second kappa shape index (κ2) is 8.15. The molecule has 11 heteroatoms. The SMILES string of the molecule is Cc1cc(N(COC(C)[Si](C)(C)C)S(=O)(=O)c2ccccc2B(O)O)on1. The van der Waals surface area contributed by atoms with E-state index in [9.17, 15) is 18.5 Å². The van der Waals surface area contributed by atoms with E-state index in [1.165, 1.54) is 30.3 Å². The van der Waals surface area contributed by atoms with E-state index in [-0.39, 0.29) is 28.7 Å². The van der Waals surface area contributed by atoms with Gasteiger partial charge in [0.15, 0.2) is 0 Å². The van der Waals surface area contributed by atoms with Crippen molar-refractivity contribution in [3.05, 3.63) is 36.0 Å². The van der Waals surface area contributed by atoms with Gasteiger partial charge in [-0.25, -0.2) is 12.7 Å². The first-order valence-electron chi connectivity index (χ1n) is 8.47. The molecule has 27 heavy (non-hydrogen) atoms. The van der Waals surface area contributed by atoms with Crippen molar-refractivity contribution in [3.8, 4) is 0 Å². The number of aromatic nitrogens is 1. The molecule has 2 rings (SSSR count). The van der Waals surface area contributed by atoms with Crippen molar-refractivity contribution in [1.82, 2.24) is 5.16 Å². The number of aryl methyl sites for hydroxylation is 1. The van der Waals surface area contributed by atoms with Gasteiger partial charge in [0, 0.05) is 17.3 Å². The fourth-order valence-corrected chi connectivity index (χ4v) is 4.25. The van der Waals surface area contributed by atoms with Crippen LogP contribution in [0.3, 0.4) is 0 Å². The smallest absolute Gasteiger partial charge is 0.423 e. The molecule has 0 spiro atoms. The van der Waals surface area contributed by atoms with Gasteiger partial charge in [0.25, 0.3) is 10.0 Å². The van der Waals surface area contributed by atoms with Gasteiger partial charge in [0.05, 0.1) is 18.7 Å². The quantitative estimate of drug-likeness (QED) is 0.493. The third-order valence-corrected chi connectivity index (χ3v) is 8.69. The normalized spacial score (nSPS) is 13.4. The average molecular weight is 412 g/mol. The molecule has 1 heterocycles. The van der Waals surface area contributed by atoms with E-state index >= 15 is 0 Å². The van der Waals surface area contributed by atoms with Crippen LogP contribution in [0, 0.1) is 6.92 Å². The molecule has 0 aliphatic heterocycles. The van der Waals surface area contributed by atoms with Gasteiger partial charge < -0.3 is 19.3 Å². The highest BCUT2D eigenvalue weighted by atomic mass is 32.2. The van der Waals surface area contributed by atoms with E-state index < -0.39 is 25.2 Å². The second-order valence-electron chi connectivity index (χ2n) is 7.38. The molecule has 148 valence electrons. The van der Waals surface area contributed by atoms with E-state index in [0.717, 1.165) is 4.31 Å². The van der Waals surface area contributed by atoms with Crippen LogP contribution in [0.5, 0.6) is 0 Å². The van der Waals surface area contributed by atoms with E-state index in [1.54, 1.807) is 6.92 Å². The first-order chi connectivity index (χ1) is 12.4. The summed E-state index contributed by atoms with van der Waals surface area (Å²) in [6.07, 6.45) is 0. The van der Waals surface area contributed by atoms with Gasteiger partial charge >= 0.3 is 7.12 Å². The molecule has 2 N–H and O–H groups in total. The van der Waals surface area contributed by atoms with Crippen molar-refractivity contribution < 1.29 is 27.7 Å². The Bertz CT molecular complexity index is 881. The van der Waals surface area contributed by atoms with E-state index in [0.29, 0.717) is 5.69 Å². The summed E-state index contributed by atoms with van der Waals surface area (Å²) in [4.78, 5) is -0.238. The summed E-state index contributed by atoms with van der Waals surface area (Å²) < 4.78 is 38.5. The molecule has 0 aliphatic carbocycles. The van der Waals surface area contributed by atoms with Crippen LogP contribution in [0.4, 0.5) is 5.88 Å². The zero-order valence-corrected chi connectivity index (χ0v) is 17.9. The number of hydrogen-bond donors (Lipinski definition) is 2. The number of benzene rings is 1. The van der Waals surface area contributed by atoms with E-state index in [2.05, 4.69) is 24.8 Å². The molecule has 0 bridgehead atoms. The van der Waals surface area contributed by atoms with Crippen LogP contribution < -0.4 is 9.77 Å². The Morgan fingerprint density at radius 2 is 1.93 bits per heavy atom. The summed E-state index contributed by atoms with van der Waals surface area (Å²) in [7, 11) is -7.78. The predicted octanol–water partition coefficient (Wildman–Crippen LogP) is 1.10. The summed E-state index contributed by atoms with van der Waals surface area (Å²) in [5.41, 5.74) is 0.272. The standard InChI is InChI=1S/C16H25BN2O6SSi/c1-12-10-16(25-18-12)19(11-24-13(2)27(3,4)5)26(22,23)15-9-7-6-8-14(15)17(20)21/h6-10,13,20-21H,11H2,1-5H3. The number of sulfonamides is 1. The molecule has 8 nitrogen and oxygen atoms in total. The number of anilines is 1. The maximum atomic E-state index is 13.3. The molecular formula is C16H25BN2O6SSi. The van der Waals surface area contributed by atoms with Gasteiger partial charge in [-0.1, -0.05) is 43.0 Å². The summed E-state index contributed by atoms with van der Waals surface area (Å²) in [6, 6.07) is 7.17. The Kier molecular flexibility index (Phi) is 6.53. The molecule has 0 saturated heterocycles. The van der Waals surface area contributed by atoms with Crippen molar-refractivity contribution in [2.75, 3.05) is 11.0 Å². The van der Waals surface area contributed by atoms with Crippen molar-refractivity contribution in [3.63, 3.8) is 0 Å². The second-order valence-corrected chi connectivity index (χ2v) is 14.8. The first kappa shape index (κ1) is 21.6. The fraction of sp³-hybridized carbons (Fsp3) is 0.438. The number of nitrogens with zero attached hydrogens (tertiary/aromatic N) is 2. The Labute approximate surface area is 161 Å². The molecule has 0 fully saturated rings. The van der Waals surface area contributed by atoms with Gasteiger partial charge in [-0.3, -0.25) is 0 Å². The Morgan fingerprint density at radius 3 is 2.44 bits per heavy atom. The van der Waals surface area contributed by atoms with Gasteiger partial charge in [-0.2, -0.15) is 0 Å². The molecule has 0 radical (unpaired) electrons.